The molecule has 0 spiro atoms. The maximum atomic E-state index is 14.3. The number of nitrogens with zero attached hydrogens (tertiary/aromatic N) is 1. The van der Waals surface area contributed by atoms with Gasteiger partial charge in [0.2, 0.25) is 15.9 Å². The summed E-state index contributed by atoms with van der Waals surface area (Å²) in [4.78, 5) is 12.9. The second-order valence-electron chi connectivity index (χ2n) is 7.74. The minimum absolute atomic E-state index is 0.0421. The number of aryl methyl sites for hydroxylation is 1. The van der Waals surface area contributed by atoms with Gasteiger partial charge in [-0.25, -0.2) is 12.8 Å². The molecule has 174 valence electrons. The summed E-state index contributed by atoms with van der Waals surface area (Å²) in [5.74, 6) is -0.337. The zero-order valence-corrected chi connectivity index (χ0v) is 19.6. The first-order valence-corrected chi connectivity index (χ1v) is 11.9. The number of halogens is 1. The van der Waals surface area contributed by atoms with Crippen molar-refractivity contribution in [2.75, 3.05) is 13.7 Å². The lowest BCUT2D eigenvalue weighted by molar-refractivity contribution is -0.122. The molecule has 0 bridgehead atoms. The fourth-order valence-corrected chi connectivity index (χ4v) is 4.70. The predicted octanol–water partition coefficient (Wildman–Crippen LogP) is 4.21. The van der Waals surface area contributed by atoms with Crippen LogP contribution in [0.5, 0.6) is 5.75 Å². The Morgan fingerprint density at radius 1 is 1.03 bits per heavy atom. The molecule has 1 N–H and O–H groups in total. The number of rotatable bonds is 9. The van der Waals surface area contributed by atoms with Crippen molar-refractivity contribution in [3.63, 3.8) is 0 Å². The van der Waals surface area contributed by atoms with Crippen molar-refractivity contribution in [1.82, 2.24) is 9.62 Å². The number of sulfonamides is 1. The van der Waals surface area contributed by atoms with Crippen LogP contribution in [-0.2, 0) is 21.4 Å². The van der Waals surface area contributed by atoms with Crippen molar-refractivity contribution in [1.29, 1.82) is 0 Å². The SMILES string of the molecule is COc1ccc(C(C)NC(=O)CN(Cc2ccccc2F)S(=O)(=O)c2ccc(C)cc2)cc1. The normalized spacial score (nSPS) is 12.4. The van der Waals surface area contributed by atoms with Gasteiger partial charge in [0.25, 0.3) is 0 Å². The number of carbonyl (C=O) groups is 1. The van der Waals surface area contributed by atoms with Crippen LogP contribution in [-0.4, -0.2) is 32.3 Å². The molecule has 0 heterocycles. The number of methoxy groups -OCH3 is 1. The van der Waals surface area contributed by atoms with E-state index in [1.807, 2.05) is 19.1 Å². The minimum atomic E-state index is -4.05. The van der Waals surface area contributed by atoms with E-state index in [4.69, 9.17) is 4.74 Å². The van der Waals surface area contributed by atoms with Gasteiger partial charge in [-0.1, -0.05) is 48.0 Å². The Morgan fingerprint density at radius 2 is 1.67 bits per heavy atom. The third-order valence-corrected chi connectivity index (χ3v) is 7.08. The average Bonchev–Trinajstić information content (AvgIpc) is 2.80. The van der Waals surface area contributed by atoms with E-state index in [9.17, 15) is 17.6 Å². The van der Waals surface area contributed by atoms with Gasteiger partial charge < -0.3 is 10.1 Å². The second kappa shape index (κ2) is 10.6. The number of amides is 1. The first kappa shape index (κ1) is 24.4. The summed E-state index contributed by atoms with van der Waals surface area (Å²) in [5, 5.41) is 2.82. The van der Waals surface area contributed by atoms with Crippen LogP contribution in [0.15, 0.2) is 77.7 Å². The lowest BCUT2D eigenvalue weighted by Gasteiger charge is -2.23. The van der Waals surface area contributed by atoms with Crippen LogP contribution in [0.4, 0.5) is 4.39 Å². The number of nitrogens with one attached hydrogen (secondary N) is 1. The largest absolute Gasteiger partial charge is 0.497 e. The maximum absolute atomic E-state index is 14.3. The highest BCUT2D eigenvalue weighted by Crippen LogP contribution is 2.21. The highest BCUT2D eigenvalue weighted by molar-refractivity contribution is 7.89. The van der Waals surface area contributed by atoms with Crippen molar-refractivity contribution in [2.24, 2.45) is 0 Å². The Hall–Kier alpha value is -3.23. The van der Waals surface area contributed by atoms with Crippen molar-refractivity contribution < 1.29 is 22.3 Å². The lowest BCUT2D eigenvalue weighted by atomic mass is 10.1. The van der Waals surface area contributed by atoms with Crippen LogP contribution >= 0.6 is 0 Å². The first-order chi connectivity index (χ1) is 15.7. The highest BCUT2D eigenvalue weighted by Gasteiger charge is 2.28. The van der Waals surface area contributed by atoms with Crippen molar-refractivity contribution in [2.45, 2.75) is 31.3 Å². The number of hydrogen-bond donors (Lipinski definition) is 1. The Kier molecular flexibility index (Phi) is 7.84. The molecule has 0 radical (unpaired) electrons. The Morgan fingerprint density at radius 3 is 2.27 bits per heavy atom. The molecular weight excluding hydrogens is 443 g/mol. The summed E-state index contributed by atoms with van der Waals surface area (Å²) in [6.07, 6.45) is 0. The lowest BCUT2D eigenvalue weighted by Crippen LogP contribution is -2.41. The predicted molar refractivity (Wildman–Crippen MR) is 125 cm³/mol. The van der Waals surface area contributed by atoms with Crippen LogP contribution in [0.25, 0.3) is 0 Å². The van der Waals surface area contributed by atoms with Gasteiger partial charge >= 0.3 is 0 Å². The maximum Gasteiger partial charge on any atom is 0.243 e. The average molecular weight is 471 g/mol. The van der Waals surface area contributed by atoms with Gasteiger partial charge in [-0.05, 0) is 49.7 Å². The molecule has 0 aliphatic carbocycles. The van der Waals surface area contributed by atoms with Crippen LogP contribution in [0.3, 0.4) is 0 Å². The fourth-order valence-electron chi connectivity index (χ4n) is 3.33. The molecule has 6 nitrogen and oxygen atoms in total. The zero-order valence-electron chi connectivity index (χ0n) is 18.8. The van der Waals surface area contributed by atoms with E-state index < -0.39 is 28.3 Å². The van der Waals surface area contributed by atoms with E-state index in [-0.39, 0.29) is 23.0 Å². The van der Waals surface area contributed by atoms with E-state index in [1.165, 1.54) is 30.3 Å². The monoisotopic (exact) mass is 470 g/mol. The Balaban J connectivity index is 1.83. The molecule has 8 heteroatoms. The third-order valence-electron chi connectivity index (χ3n) is 5.28. The molecular formula is C25H27FN2O4S. The summed E-state index contributed by atoms with van der Waals surface area (Å²) in [6.45, 7) is 2.93. The number of benzene rings is 3. The second-order valence-corrected chi connectivity index (χ2v) is 9.68. The molecule has 0 fully saturated rings. The quantitative estimate of drug-likeness (QED) is 0.508. The summed E-state index contributed by atoms with van der Waals surface area (Å²) in [6, 6.07) is 19.1. The Bertz CT molecular complexity index is 1200. The molecule has 3 aromatic rings. The molecule has 0 aromatic heterocycles. The summed E-state index contributed by atoms with van der Waals surface area (Å²) >= 11 is 0. The van der Waals surface area contributed by atoms with Crippen molar-refractivity contribution >= 4 is 15.9 Å². The molecule has 33 heavy (non-hydrogen) atoms. The summed E-state index contributed by atoms with van der Waals surface area (Å²) in [5.41, 5.74) is 1.93. The topological polar surface area (TPSA) is 75.7 Å². The molecule has 3 rings (SSSR count). The van der Waals surface area contributed by atoms with E-state index in [0.717, 1.165) is 15.4 Å². The number of carbonyl (C=O) groups excluding carboxylic acids is 1. The van der Waals surface area contributed by atoms with Gasteiger partial charge in [0.1, 0.15) is 11.6 Å². The van der Waals surface area contributed by atoms with Gasteiger partial charge in [0.05, 0.1) is 24.6 Å². The van der Waals surface area contributed by atoms with Gasteiger partial charge in [0.15, 0.2) is 0 Å². The Labute approximate surface area is 194 Å². The smallest absolute Gasteiger partial charge is 0.243 e. The van der Waals surface area contributed by atoms with Crippen molar-refractivity contribution in [3.05, 3.63) is 95.3 Å². The number of hydrogen-bond acceptors (Lipinski definition) is 4. The van der Waals surface area contributed by atoms with E-state index >= 15 is 0 Å². The highest BCUT2D eigenvalue weighted by atomic mass is 32.2. The van der Waals surface area contributed by atoms with Crippen LogP contribution in [0, 0.1) is 12.7 Å². The molecule has 0 aliphatic rings. The van der Waals surface area contributed by atoms with Gasteiger partial charge in [-0.3, -0.25) is 4.79 Å². The van der Waals surface area contributed by atoms with E-state index in [2.05, 4.69) is 5.32 Å². The van der Waals surface area contributed by atoms with Crippen LogP contribution < -0.4 is 10.1 Å². The van der Waals surface area contributed by atoms with Gasteiger partial charge in [-0.2, -0.15) is 4.31 Å². The first-order valence-electron chi connectivity index (χ1n) is 10.4. The van der Waals surface area contributed by atoms with Crippen LogP contribution in [0.2, 0.25) is 0 Å². The standard InChI is InChI=1S/C25H27FN2O4S/c1-18-8-14-23(15-9-18)33(30,31)28(16-21-6-4-5-7-24(21)26)17-25(29)27-19(2)20-10-12-22(32-3)13-11-20/h4-15,19H,16-17H2,1-3H3,(H,27,29). The zero-order chi connectivity index (χ0) is 24.0. The van der Waals surface area contributed by atoms with E-state index in [0.29, 0.717) is 5.75 Å². The summed E-state index contributed by atoms with van der Waals surface area (Å²) < 4.78 is 47.1. The fraction of sp³-hybridized carbons (Fsp3) is 0.240. The molecule has 1 unspecified atom stereocenters. The third kappa shape index (κ3) is 6.18. The van der Waals surface area contributed by atoms with E-state index in [1.54, 1.807) is 44.4 Å². The minimum Gasteiger partial charge on any atom is -0.497 e. The molecule has 0 saturated heterocycles. The van der Waals surface area contributed by atoms with Crippen molar-refractivity contribution in [3.8, 4) is 5.75 Å². The number of ether oxygens (including phenoxy) is 1. The van der Waals surface area contributed by atoms with Gasteiger partial charge in [0, 0.05) is 12.1 Å². The molecule has 1 atom stereocenters. The molecule has 1 amide bonds. The molecule has 0 aliphatic heterocycles. The molecule has 0 saturated carbocycles. The molecule has 3 aromatic carbocycles. The van der Waals surface area contributed by atoms with Crippen LogP contribution in [0.1, 0.15) is 29.7 Å². The summed E-state index contributed by atoms with van der Waals surface area (Å²) in [7, 11) is -2.48. The van der Waals surface area contributed by atoms with Gasteiger partial charge in [-0.15, -0.1) is 0 Å².